The van der Waals surface area contributed by atoms with Crippen LogP contribution in [0.2, 0.25) is 0 Å². The lowest BCUT2D eigenvalue weighted by Gasteiger charge is -2.20. The largest absolute Gasteiger partial charge is 0.451 e. The number of rotatable bonds is 4. The number of ether oxygens (including phenoxy) is 1. The van der Waals surface area contributed by atoms with Gasteiger partial charge in [0.1, 0.15) is 10.7 Å². The Morgan fingerprint density at radius 2 is 1.96 bits per heavy atom. The first-order valence-electron chi connectivity index (χ1n) is 8.23. The summed E-state index contributed by atoms with van der Waals surface area (Å²) >= 11 is 1.09. The molecule has 2 aromatic rings. The van der Waals surface area contributed by atoms with Crippen LogP contribution in [-0.2, 0) is 14.3 Å². The SMILES string of the molecule is O=C(COC(=O)c1cc2c(F)cccc2s1)NC(=O)C1CCCCC1. The van der Waals surface area contributed by atoms with Crippen molar-refractivity contribution in [2.45, 2.75) is 32.1 Å². The van der Waals surface area contributed by atoms with E-state index in [0.29, 0.717) is 10.1 Å². The number of esters is 1. The maximum absolute atomic E-state index is 13.7. The minimum atomic E-state index is -0.708. The van der Waals surface area contributed by atoms with E-state index in [0.717, 1.165) is 43.4 Å². The number of imide groups is 1. The third-order valence-electron chi connectivity index (χ3n) is 4.28. The van der Waals surface area contributed by atoms with Gasteiger partial charge in [-0.05, 0) is 31.0 Å². The van der Waals surface area contributed by atoms with Gasteiger partial charge < -0.3 is 4.74 Å². The minimum absolute atomic E-state index is 0.140. The topological polar surface area (TPSA) is 72.5 Å². The van der Waals surface area contributed by atoms with Gasteiger partial charge in [-0.25, -0.2) is 9.18 Å². The zero-order valence-corrected chi connectivity index (χ0v) is 14.4. The van der Waals surface area contributed by atoms with E-state index in [1.807, 2.05) is 0 Å². The quantitative estimate of drug-likeness (QED) is 0.845. The number of hydrogen-bond acceptors (Lipinski definition) is 5. The van der Waals surface area contributed by atoms with E-state index in [1.165, 1.54) is 12.1 Å². The molecule has 1 fully saturated rings. The Hall–Kier alpha value is -2.28. The molecule has 0 aliphatic heterocycles. The highest BCUT2D eigenvalue weighted by Crippen LogP contribution is 2.28. The van der Waals surface area contributed by atoms with E-state index < -0.39 is 24.3 Å². The number of amides is 2. The molecule has 5 nitrogen and oxygen atoms in total. The van der Waals surface area contributed by atoms with Crippen molar-refractivity contribution in [3.8, 4) is 0 Å². The van der Waals surface area contributed by atoms with Crippen molar-refractivity contribution in [2.75, 3.05) is 6.61 Å². The van der Waals surface area contributed by atoms with Gasteiger partial charge in [0, 0.05) is 16.0 Å². The highest BCUT2D eigenvalue weighted by atomic mass is 32.1. The highest BCUT2D eigenvalue weighted by Gasteiger charge is 2.23. The van der Waals surface area contributed by atoms with Crippen LogP contribution in [0.25, 0.3) is 10.1 Å². The predicted molar refractivity (Wildman–Crippen MR) is 91.8 cm³/mol. The lowest BCUT2D eigenvalue weighted by Crippen LogP contribution is -2.38. The van der Waals surface area contributed by atoms with Gasteiger partial charge in [0.15, 0.2) is 6.61 Å². The smallest absolute Gasteiger partial charge is 0.348 e. The number of thiophene rings is 1. The summed E-state index contributed by atoms with van der Waals surface area (Å²) < 4.78 is 19.2. The van der Waals surface area contributed by atoms with Crippen LogP contribution in [0, 0.1) is 11.7 Å². The van der Waals surface area contributed by atoms with Gasteiger partial charge in [-0.1, -0.05) is 25.3 Å². The molecule has 0 atom stereocenters. The van der Waals surface area contributed by atoms with Crippen molar-refractivity contribution in [2.24, 2.45) is 5.92 Å². The molecule has 132 valence electrons. The van der Waals surface area contributed by atoms with Crippen LogP contribution in [0.5, 0.6) is 0 Å². The first-order valence-corrected chi connectivity index (χ1v) is 9.05. The van der Waals surface area contributed by atoms with Crippen molar-refractivity contribution in [1.82, 2.24) is 5.32 Å². The molecule has 1 heterocycles. The Balaban J connectivity index is 1.53. The molecule has 25 heavy (non-hydrogen) atoms. The van der Waals surface area contributed by atoms with E-state index in [1.54, 1.807) is 12.1 Å². The second-order valence-electron chi connectivity index (χ2n) is 6.09. The molecule has 1 aromatic carbocycles. The summed E-state index contributed by atoms with van der Waals surface area (Å²) in [5.74, 6) is -2.20. The molecule has 0 unspecified atom stereocenters. The third-order valence-corrected chi connectivity index (χ3v) is 5.36. The molecule has 1 aliphatic rings. The van der Waals surface area contributed by atoms with E-state index in [4.69, 9.17) is 4.74 Å². The van der Waals surface area contributed by atoms with Gasteiger partial charge in [0.25, 0.3) is 5.91 Å². The molecule has 1 aliphatic carbocycles. The average Bonchev–Trinajstić information content (AvgIpc) is 3.06. The van der Waals surface area contributed by atoms with E-state index >= 15 is 0 Å². The summed E-state index contributed by atoms with van der Waals surface area (Å²) in [7, 11) is 0. The Morgan fingerprint density at radius 3 is 2.68 bits per heavy atom. The first kappa shape index (κ1) is 17.5. The van der Waals surface area contributed by atoms with Crippen LogP contribution in [0.15, 0.2) is 24.3 Å². The molecule has 0 saturated heterocycles. The van der Waals surface area contributed by atoms with Crippen LogP contribution in [0.4, 0.5) is 4.39 Å². The average molecular weight is 363 g/mol. The lowest BCUT2D eigenvalue weighted by molar-refractivity contribution is -0.135. The molecule has 0 bridgehead atoms. The Morgan fingerprint density at radius 1 is 1.20 bits per heavy atom. The number of benzene rings is 1. The van der Waals surface area contributed by atoms with Crippen molar-refractivity contribution in [1.29, 1.82) is 0 Å². The van der Waals surface area contributed by atoms with Crippen molar-refractivity contribution >= 4 is 39.2 Å². The van der Waals surface area contributed by atoms with Gasteiger partial charge in [-0.15, -0.1) is 11.3 Å². The molecule has 7 heteroatoms. The van der Waals surface area contributed by atoms with Crippen LogP contribution < -0.4 is 5.32 Å². The standard InChI is InChI=1S/C18H18FNO4S/c19-13-7-4-8-14-12(13)9-15(25-14)18(23)24-10-16(21)20-17(22)11-5-2-1-3-6-11/h4,7-9,11H,1-3,5-6,10H2,(H,20,21,22). The van der Waals surface area contributed by atoms with Gasteiger partial charge in [-0.2, -0.15) is 0 Å². The van der Waals surface area contributed by atoms with Crippen LogP contribution in [0.3, 0.4) is 0 Å². The molecule has 2 amide bonds. The van der Waals surface area contributed by atoms with Crippen molar-refractivity contribution in [3.63, 3.8) is 0 Å². The minimum Gasteiger partial charge on any atom is -0.451 e. The Bertz CT molecular complexity index is 811. The number of fused-ring (bicyclic) bond motifs is 1. The first-order chi connectivity index (χ1) is 12.0. The highest BCUT2D eigenvalue weighted by molar-refractivity contribution is 7.20. The van der Waals surface area contributed by atoms with Gasteiger partial charge in [-0.3, -0.25) is 14.9 Å². The van der Waals surface area contributed by atoms with Crippen molar-refractivity contribution < 1.29 is 23.5 Å². The molecule has 1 aromatic heterocycles. The second kappa shape index (κ2) is 7.74. The lowest BCUT2D eigenvalue weighted by atomic mass is 9.89. The fourth-order valence-corrected chi connectivity index (χ4v) is 3.94. The van der Waals surface area contributed by atoms with Gasteiger partial charge >= 0.3 is 5.97 Å². The fourth-order valence-electron chi connectivity index (χ4n) is 2.97. The summed E-state index contributed by atoms with van der Waals surface area (Å²) in [5, 5.41) is 2.62. The molecule has 0 spiro atoms. The molecular formula is C18H18FNO4S. The second-order valence-corrected chi connectivity index (χ2v) is 7.17. The van der Waals surface area contributed by atoms with E-state index in [-0.39, 0.29) is 16.7 Å². The molecule has 0 radical (unpaired) electrons. The van der Waals surface area contributed by atoms with Crippen LogP contribution >= 0.6 is 11.3 Å². The maximum Gasteiger partial charge on any atom is 0.348 e. The summed E-state index contributed by atoms with van der Waals surface area (Å²) in [6, 6.07) is 5.99. The Kier molecular flexibility index (Phi) is 5.43. The number of carbonyl (C=O) groups excluding carboxylic acids is 3. The monoisotopic (exact) mass is 363 g/mol. The number of nitrogens with one attached hydrogen (secondary N) is 1. The zero-order chi connectivity index (χ0) is 17.8. The van der Waals surface area contributed by atoms with Crippen LogP contribution in [0.1, 0.15) is 41.8 Å². The fraction of sp³-hybridized carbons (Fsp3) is 0.389. The zero-order valence-electron chi connectivity index (χ0n) is 13.5. The molecular weight excluding hydrogens is 345 g/mol. The molecule has 1 saturated carbocycles. The molecule has 1 N–H and O–H groups in total. The Labute approximate surface area is 148 Å². The van der Waals surface area contributed by atoms with Gasteiger partial charge in [0.2, 0.25) is 5.91 Å². The number of hydrogen-bond donors (Lipinski definition) is 1. The van der Waals surface area contributed by atoms with Crippen molar-refractivity contribution in [3.05, 3.63) is 35.0 Å². The van der Waals surface area contributed by atoms with E-state index in [9.17, 15) is 18.8 Å². The summed E-state index contributed by atoms with van der Waals surface area (Å²) in [5.41, 5.74) is 0. The normalized spacial score (nSPS) is 15.1. The van der Waals surface area contributed by atoms with Crippen LogP contribution in [-0.4, -0.2) is 24.4 Å². The maximum atomic E-state index is 13.7. The number of halogens is 1. The third kappa shape index (κ3) is 4.22. The molecule has 3 rings (SSSR count). The predicted octanol–water partition coefficient (Wildman–Crippen LogP) is 3.42. The summed E-state index contributed by atoms with van der Waals surface area (Å²) in [4.78, 5) is 36.0. The summed E-state index contributed by atoms with van der Waals surface area (Å²) in [6.45, 7) is -0.534. The number of carbonyl (C=O) groups is 3. The van der Waals surface area contributed by atoms with E-state index in [2.05, 4.69) is 5.32 Å². The summed E-state index contributed by atoms with van der Waals surface area (Å²) in [6.07, 6.45) is 4.66. The van der Waals surface area contributed by atoms with Gasteiger partial charge in [0.05, 0.1) is 0 Å².